The largest absolute Gasteiger partial charge is 0.481 e. The van der Waals surface area contributed by atoms with E-state index < -0.39 is 30.1 Å². The number of hydrogen-bond acceptors (Lipinski definition) is 4. The molecule has 2 aromatic rings. The molecule has 2 aliphatic rings. The molecule has 2 aromatic carbocycles. The Morgan fingerprint density at radius 1 is 1.00 bits per heavy atom. The maximum absolute atomic E-state index is 13.8. The number of benzene rings is 2. The molecule has 2 fully saturated rings. The van der Waals surface area contributed by atoms with E-state index >= 15 is 0 Å². The zero-order chi connectivity index (χ0) is 27.2. The number of hydrogen-bond donors (Lipinski definition) is 3. The van der Waals surface area contributed by atoms with E-state index in [0.717, 1.165) is 37.7 Å². The van der Waals surface area contributed by atoms with Crippen LogP contribution >= 0.6 is 11.6 Å². The van der Waals surface area contributed by atoms with Crippen molar-refractivity contribution in [2.24, 2.45) is 5.92 Å². The Bertz CT molecular complexity index is 1200. The number of aryl methyl sites for hydroxylation is 1. The smallest absolute Gasteiger partial charge is 0.323 e. The van der Waals surface area contributed by atoms with Crippen molar-refractivity contribution in [3.63, 3.8) is 0 Å². The summed E-state index contributed by atoms with van der Waals surface area (Å²) in [7, 11) is 0. The van der Waals surface area contributed by atoms with Crippen molar-refractivity contribution in [3.8, 4) is 0 Å². The number of nitrogens with one attached hydrogen (secondary N) is 2. The monoisotopic (exact) mass is 540 g/mol. The topological polar surface area (TPSA) is 119 Å². The third kappa shape index (κ3) is 6.64. The van der Waals surface area contributed by atoms with Crippen molar-refractivity contribution in [2.75, 3.05) is 18.4 Å². The van der Waals surface area contributed by atoms with Crippen LogP contribution in [0, 0.1) is 12.8 Å². The van der Waals surface area contributed by atoms with Gasteiger partial charge in [-0.2, -0.15) is 0 Å². The van der Waals surface area contributed by atoms with E-state index in [1.165, 1.54) is 9.80 Å². The van der Waals surface area contributed by atoms with Crippen molar-refractivity contribution < 1.29 is 24.3 Å². The van der Waals surface area contributed by atoms with Gasteiger partial charge < -0.3 is 20.6 Å². The second-order valence-electron chi connectivity index (χ2n) is 9.99. The first kappa shape index (κ1) is 27.4. The van der Waals surface area contributed by atoms with Crippen LogP contribution in [-0.2, 0) is 9.59 Å². The van der Waals surface area contributed by atoms with Crippen LogP contribution in [0.25, 0.3) is 0 Å². The van der Waals surface area contributed by atoms with Crippen LogP contribution < -0.4 is 10.6 Å². The number of rotatable bonds is 7. The molecule has 4 rings (SSSR count). The molecule has 4 amide bonds. The molecule has 1 aliphatic carbocycles. The van der Waals surface area contributed by atoms with Gasteiger partial charge in [0.15, 0.2) is 6.17 Å². The van der Waals surface area contributed by atoms with Crippen LogP contribution in [0.3, 0.4) is 0 Å². The SMILES string of the molecule is Cc1cccc(C(=O)N2CCN(C(=O)Nc3cccc(Cl)c3)C2C(=O)NC(CC(=O)O)C2CCCCC2)c1. The zero-order valence-electron chi connectivity index (χ0n) is 21.4. The highest BCUT2D eigenvalue weighted by molar-refractivity contribution is 6.30. The number of urea groups is 1. The average Bonchev–Trinajstić information content (AvgIpc) is 3.34. The van der Waals surface area contributed by atoms with Crippen molar-refractivity contribution in [1.82, 2.24) is 15.1 Å². The lowest BCUT2D eigenvalue weighted by molar-refractivity contribution is -0.138. The number of carbonyl (C=O) groups excluding carboxylic acids is 3. The number of nitrogens with zero attached hydrogens (tertiary/aromatic N) is 2. The molecule has 202 valence electrons. The highest BCUT2D eigenvalue weighted by Crippen LogP contribution is 2.29. The minimum absolute atomic E-state index is 0.0277. The molecular weight excluding hydrogens is 508 g/mol. The Morgan fingerprint density at radius 2 is 1.71 bits per heavy atom. The molecule has 0 bridgehead atoms. The van der Waals surface area contributed by atoms with Gasteiger partial charge in [0.1, 0.15) is 0 Å². The standard InChI is InChI=1S/C28H33ClN4O5/c1-18-7-5-10-20(15-18)27(37)32-13-14-33(28(38)30-22-12-6-11-21(29)16-22)26(32)25(36)31-23(17-24(34)35)19-8-3-2-4-9-19/h5-7,10-12,15-16,19,23,26H,2-4,8-9,13-14,17H2,1H3,(H,30,38)(H,31,36)(H,34,35). The van der Waals surface area contributed by atoms with Crippen LogP contribution in [0.5, 0.6) is 0 Å². The molecule has 2 unspecified atom stereocenters. The summed E-state index contributed by atoms with van der Waals surface area (Å²) in [5.74, 6) is -1.92. The summed E-state index contributed by atoms with van der Waals surface area (Å²) in [6.45, 7) is 2.16. The summed E-state index contributed by atoms with van der Waals surface area (Å²) in [4.78, 5) is 55.0. The number of carbonyl (C=O) groups is 4. The summed E-state index contributed by atoms with van der Waals surface area (Å²) >= 11 is 6.06. The number of anilines is 1. The van der Waals surface area contributed by atoms with Gasteiger partial charge in [0.2, 0.25) is 0 Å². The lowest BCUT2D eigenvalue weighted by Gasteiger charge is -2.34. The predicted octanol–water partition coefficient (Wildman–Crippen LogP) is 4.50. The normalized spacial score (nSPS) is 18.6. The molecular formula is C28H33ClN4O5. The van der Waals surface area contributed by atoms with Crippen LogP contribution in [0.2, 0.25) is 5.02 Å². The lowest BCUT2D eigenvalue weighted by Crippen LogP contribution is -2.57. The lowest BCUT2D eigenvalue weighted by atomic mass is 9.82. The van der Waals surface area contributed by atoms with Crippen LogP contribution in [0.15, 0.2) is 48.5 Å². The van der Waals surface area contributed by atoms with Crippen molar-refractivity contribution >= 4 is 41.1 Å². The number of aliphatic carboxylic acids is 1. The van der Waals surface area contributed by atoms with Crippen LogP contribution in [-0.4, -0.2) is 64.0 Å². The maximum Gasteiger partial charge on any atom is 0.323 e. The number of halogens is 1. The molecule has 1 saturated heterocycles. The van der Waals surface area contributed by atoms with Gasteiger partial charge in [0.05, 0.1) is 6.42 Å². The van der Waals surface area contributed by atoms with E-state index in [2.05, 4.69) is 10.6 Å². The summed E-state index contributed by atoms with van der Waals surface area (Å²) in [5, 5.41) is 15.6. The minimum atomic E-state index is -1.23. The molecule has 2 atom stereocenters. The summed E-state index contributed by atoms with van der Waals surface area (Å²) in [6.07, 6.45) is 3.24. The second-order valence-corrected chi connectivity index (χ2v) is 10.4. The first-order valence-electron chi connectivity index (χ1n) is 13.0. The van der Waals surface area contributed by atoms with Gasteiger partial charge >= 0.3 is 12.0 Å². The molecule has 0 radical (unpaired) electrons. The van der Waals surface area contributed by atoms with Gasteiger partial charge in [0.25, 0.3) is 11.8 Å². The summed E-state index contributed by atoms with van der Waals surface area (Å²) in [6, 6.07) is 12.5. The fraction of sp³-hybridized carbons (Fsp3) is 0.429. The Hall–Kier alpha value is -3.59. The van der Waals surface area contributed by atoms with Crippen molar-refractivity contribution in [3.05, 3.63) is 64.7 Å². The Morgan fingerprint density at radius 3 is 2.39 bits per heavy atom. The Labute approximate surface area is 227 Å². The average molecular weight is 541 g/mol. The fourth-order valence-corrected chi connectivity index (χ4v) is 5.55. The van der Waals surface area contributed by atoms with E-state index in [-0.39, 0.29) is 31.3 Å². The molecule has 3 N–H and O–H groups in total. The Balaban J connectivity index is 1.61. The van der Waals surface area contributed by atoms with Gasteiger partial charge in [-0.1, -0.05) is 54.6 Å². The van der Waals surface area contributed by atoms with Gasteiger partial charge in [-0.15, -0.1) is 0 Å². The highest BCUT2D eigenvalue weighted by atomic mass is 35.5. The van der Waals surface area contributed by atoms with Crippen molar-refractivity contribution in [1.29, 1.82) is 0 Å². The van der Waals surface area contributed by atoms with Gasteiger partial charge in [-0.25, -0.2) is 4.79 Å². The first-order valence-corrected chi connectivity index (χ1v) is 13.3. The Kier molecular flexibility index (Phi) is 8.89. The van der Waals surface area contributed by atoms with E-state index in [4.69, 9.17) is 11.6 Å². The maximum atomic E-state index is 13.8. The van der Waals surface area contributed by atoms with Gasteiger partial charge in [-0.3, -0.25) is 19.3 Å². The molecule has 9 nitrogen and oxygen atoms in total. The molecule has 0 aromatic heterocycles. The van der Waals surface area contributed by atoms with Crippen LogP contribution in [0.4, 0.5) is 10.5 Å². The first-order chi connectivity index (χ1) is 18.2. The van der Waals surface area contributed by atoms with E-state index in [1.807, 2.05) is 13.0 Å². The quantitative estimate of drug-likeness (QED) is 0.477. The molecule has 1 aliphatic heterocycles. The molecule has 1 heterocycles. The predicted molar refractivity (Wildman–Crippen MR) is 144 cm³/mol. The highest BCUT2D eigenvalue weighted by Gasteiger charge is 2.44. The number of carboxylic acids is 1. The summed E-state index contributed by atoms with van der Waals surface area (Å²) in [5.41, 5.74) is 1.76. The van der Waals surface area contributed by atoms with E-state index in [9.17, 15) is 24.3 Å². The van der Waals surface area contributed by atoms with Gasteiger partial charge in [-0.05, 0) is 56.0 Å². The summed E-state index contributed by atoms with van der Waals surface area (Å²) < 4.78 is 0. The molecule has 1 saturated carbocycles. The van der Waals surface area contributed by atoms with Gasteiger partial charge in [0, 0.05) is 35.4 Å². The third-order valence-electron chi connectivity index (χ3n) is 7.21. The van der Waals surface area contributed by atoms with Crippen LogP contribution in [0.1, 0.15) is 54.4 Å². The second kappa shape index (κ2) is 12.3. The fourth-order valence-electron chi connectivity index (χ4n) is 5.36. The molecule has 38 heavy (non-hydrogen) atoms. The van der Waals surface area contributed by atoms with E-state index in [0.29, 0.717) is 16.3 Å². The number of amides is 4. The number of carboxylic acid groups (broad SMARTS) is 1. The zero-order valence-corrected chi connectivity index (χ0v) is 22.1. The molecule has 0 spiro atoms. The molecule has 10 heteroatoms. The minimum Gasteiger partial charge on any atom is -0.481 e. The van der Waals surface area contributed by atoms with Crippen molar-refractivity contribution in [2.45, 2.75) is 57.7 Å². The third-order valence-corrected chi connectivity index (χ3v) is 7.45. The van der Waals surface area contributed by atoms with E-state index in [1.54, 1.807) is 42.5 Å².